The molecule has 3 fully saturated rings. The van der Waals surface area contributed by atoms with Gasteiger partial charge in [0, 0.05) is 28.1 Å². The lowest BCUT2D eigenvalue weighted by molar-refractivity contribution is -0.142. The molecule has 7 heteroatoms. The lowest BCUT2D eigenvalue weighted by Crippen LogP contribution is -2.64. The standard InChI is InChI=1S/C28H35N3O3S/c1-27-14-5-10-22(27)20-11-12-24-28(2,23(20)13-15-27)17-21(26(32)31(24)30-35(3,33)34)19-9-4-7-18-8-6-16-29-25(18)19/h4,6-9,16-17,20,22-24,30H,5,10-15H2,1-3H3/t20-,22-,23+,24?,27-,28+/m0/s1. The van der Waals surface area contributed by atoms with Crippen LogP contribution in [0.25, 0.3) is 16.5 Å². The van der Waals surface area contributed by atoms with Crippen LogP contribution >= 0.6 is 0 Å². The van der Waals surface area contributed by atoms with E-state index in [0.717, 1.165) is 47.9 Å². The van der Waals surface area contributed by atoms with Crippen molar-refractivity contribution in [1.29, 1.82) is 0 Å². The summed E-state index contributed by atoms with van der Waals surface area (Å²) in [6, 6.07) is 9.58. The van der Waals surface area contributed by atoms with Crippen LogP contribution in [0.2, 0.25) is 0 Å². The summed E-state index contributed by atoms with van der Waals surface area (Å²) in [5.74, 6) is 1.49. The van der Waals surface area contributed by atoms with Crippen molar-refractivity contribution in [2.24, 2.45) is 28.6 Å². The topological polar surface area (TPSA) is 79.4 Å². The summed E-state index contributed by atoms with van der Waals surface area (Å²) >= 11 is 0. The molecule has 35 heavy (non-hydrogen) atoms. The van der Waals surface area contributed by atoms with E-state index < -0.39 is 10.0 Å². The SMILES string of the molecule is C[C@@]12CCC[C@H]1[C@@H]1CCC3N(NS(C)(=O)=O)C(=O)C(c4cccc5cccnc45)=C[C@]3(C)[C@@H]1CC2. The molecule has 6 rings (SSSR count). The van der Waals surface area contributed by atoms with E-state index in [9.17, 15) is 13.2 Å². The number of hydrazine groups is 1. The van der Waals surface area contributed by atoms with Gasteiger partial charge in [0.1, 0.15) is 0 Å². The zero-order chi connectivity index (χ0) is 24.6. The summed E-state index contributed by atoms with van der Waals surface area (Å²) in [7, 11) is -3.62. The van der Waals surface area contributed by atoms with E-state index in [0.29, 0.717) is 22.8 Å². The summed E-state index contributed by atoms with van der Waals surface area (Å²) in [6.45, 7) is 4.76. The Kier molecular flexibility index (Phi) is 5.21. The van der Waals surface area contributed by atoms with Crippen LogP contribution in [0.4, 0.5) is 0 Å². The molecule has 1 amide bonds. The molecule has 1 aromatic carbocycles. The Labute approximate surface area is 208 Å². The molecule has 3 aliphatic carbocycles. The van der Waals surface area contributed by atoms with Crippen molar-refractivity contribution >= 4 is 32.4 Å². The highest BCUT2D eigenvalue weighted by Gasteiger charge is 2.59. The number of amides is 1. The second-order valence-electron chi connectivity index (χ2n) is 11.9. The Bertz CT molecular complexity index is 1330. The Balaban J connectivity index is 1.52. The number of hydrogen-bond donors (Lipinski definition) is 1. The average molecular weight is 494 g/mol. The van der Waals surface area contributed by atoms with Gasteiger partial charge in [0.15, 0.2) is 0 Å². The third kappa shape index (κ3) is 3.57. The number of pyridine rings is 1. The second-order valence-corrected chi connectivity index (χ2v) is 13.6. The minimum absolute atomic E-state index is 0.191. The van der Waals surface area contributed by atoms with E-state index in [1.807, 2.05) is 30.3 Å². The van der Waals surface area contributed by atoms with Crippen molar-refractivity contribution in [1.82, 2.24) is 14.8 Å². The Morgan fingerprint density at radius 2 is 1.83 bits per heavy atom. The number of para-hydroxylation sites is 1. The summed E-state index contributed by atoms with van der Waals surface area (Å²) < 4.78 is 24.8. The molecule has 0 radical (unpaired) electrons. The monoisotopic (exact) mass is 493 g/mol. The molecule has 4 aliphatic rings. The van der Waals surface area contributed by atoms with Gasteiger partial charge in [-0.1, -0.05) is 50.6 Å². The minimum Gasteiger partial charge on any atom is -0.268 e. The highest BCUT2D eigenvalue weighted by Crippen LogP contribution is 2.64. The molecule has 186 valence electrons. The van der Waals surface area contributed by atoms with Crippen LogP contribution in [-0.4, -0.2) is 36.6 Å². The second kappa shape index (κ2) is 7.87. The molecule has 2 aromatic rings. The van der Waals surface area contributed by atoms with E-state index in [4.69, 9.17) is 0 Å². The predicted molar refractivity (Wildman–Crippen MR) is 137 cm³/mol. The third-order valence-electron chi connectivity index (χ3n) is 9.91. The van der Waals surface area contributed by atoms with E-state index in [1.54, 1.807) is 6.20 Å². The molecule has 0 spiro atoms. The lowest BCUT2D eigenvalue weighted by atomic mass is 9.48. The van der Waals surface area contributed by atoms with Gasteiger partial charge in [-0.3, -0.25) is 14.8 Å². The molecule has 0 saturated heterocycles. The number of nitrogens with one attached hydrogen (secondary N) is 1. The first kappa shape index (κ1) is 23.2. The van der Waals surface area contributed by atoms with Crippen LogP contribution in [0.5, 0.6) is 0 Å². The number of fused-ring (bicyclic) bond motifs is 6. The minimum atomic E-state index is -3.62. The molecule has 6 atom stereocenters. The predicted octanol–water partition coefficient (Wildman–Crippen LogP) is 4.93. The summed E-state index contributed by atoms with van der Waals surface area (Å²) in [6.07, 6.45) is 13.2. The molecule has 1 unspecified atom stereocenters. The van der Waals surface area contributed by atoms with Crippen molar-refractivity contribution in [3.05, 3.63) is 48.2 Å². The van der Waals surface area contributed by atoms with Crippen LogP contribution < -0.4 is 4.83 Å². The number of aromatic nitrogens is 1. The largest absolute Gasteiger partial charge is 0.269 e. The van der Waals surface area contributed by atoms with Gasteiger partial charge in [-0.15, -0.1) is 4.83 Å². The van der Waals surface area contributed by atoms with E-state index >= 15 is 0 Å². The number of rotatable bonds is 3. The van der Waals surface area contributed by atoms with Gasteiger partial charge in [-0.25, -0.2) is 8.42 Å². The number of carbonyl (C=O) groups is 1. The smallest absolute Gasteiger partial charge is 0.268 e. The zero-order valence-electron chi connectivity index (χ0n) is 20.8. The fourth-order valence-corrected chi connectivity index (χ4v) is 8.98. The Morgan fingerprint density at radius 3 is 2.63 bits per heavy atom. The number of carbonyl (C=O) groups excluding carboxylic acids is 1. The van der Waals surface area contributed by atoms with Gasteiger partial charge in [0.2, 0.25) is 10.0 Å². The molecule has 1 aromatic heterocycles. The molecule has 0 bridgehead atoms. The number of hydrogen-bond acceptors (Lipinski definition) is 4. The van der Waals surface area contributed by atoms with Gasteiger partial charge in [-0.05, 0) is 67.8 Å². The van der Waals surface area contributed by atoms with Gasteiger partial charge in [0.05, 0.1) is 17.8 Å². The number of sulfonamides is 1. The van der Waals surface area contributed by atoms with Crippen molar-refractivity contribution in [3.8, 4) is 0 Å². The van der Waals surface area contributed by atoms with E-state index in [1.165, 1.54) is 30.7 Å². The maximum Gasteiger partial charge on any atom is 0.269 e. The van der Waals surface area contributed by atoms with Crippen LogP contribution in [0.1, 0.15) is 64.4 Å². The van der Waals surface area contributed by atoms with Crippen LogP contribution in [-0.2, 0) is 14.8 Å². The molecular formula is C28H35N3O3S. The van der Waals surface area contributed by atoms with Gasteiger partial charge < -0.3 is 0 Å². The molecular weight excluding hydrogens is 458 g/mol. The van der Waals surface area contributed by atoms with Gasteiger partial charge in [-0.2, -0.15) is 0 Å². The normalized spacial score (nSPS) is 36.9. The summed E-state index contributed by atoms with van der Waals surface area (Å²) in [4.78, 5) is 21.2. The zero-order valence-corrected chi connectivity index (χ0v) is 21.6. The van der Waals surface area contributed by atoms with E-state index in [-0.39, 0.29) is 17.4 Å². The Hall–Kier alpha value is -2.25. The quantitative estimate of drug-likeness (QED) is 0.658. The molecule has 2 heterocycles. The van der Waals surface area contributed by atoms with Gasteiger partial charge in [0.25, 0.3) is 5.91 Å². The number of nitrogens with zero attached hydrogens (tertiary/aromatic N) is 2. The molecule has 1 aliphatic heterocycles. The van der Waals surface area contributed by atoms with Gasteiger partial charge >= 0.3 is 0 Å². The molecule has 1 N–H and O–H groups in total. The lowest BCUT2D eigenvalue weighted by Gasteiger charge is -2.60. The van der Waals surface area contributed by atoms with Crippen molar-refractivity contribution in [2.75, 3.05) is 6.26 Å². The third-order valence-corrected chi connectivity index (χ3v) is 10.4. The van der Waals surface area contributed by atoms with E-state index in [2.05, 4.69) is 29.7 Å². The van der Waals surface area contributed by atoms with Crippen LogP contribution in [0, 0.1) is 28.6 Å². The first-order valence-corrected chi connectivity index (χ1v) is 14.9. The van der Waals surface area contributed by atoms with Crippen molar-refractivity contribution < 1.29 is 13.2 Å². The molecule has 3 saturated carbocycles. The molecule has 6 nitrogen and oxygen atoms in total. The summed E-state index contributed by atoms with van der Waals surface area (Å²) in [5.41, 5.74) is 2.23. The highest BCUT2D eigenvalue weighted by atomic mass is 32.2. The highest BCUT2D eigenvalue weighted by molar-refractivity contribution is 7.88. The fraction of sp³-hybridized carbons (Fsp3) is 0.571. The first-order valence-electron chi connectivity index (χ1n) is 13.0. The fourth-order valence-electron chi connectivity index (χ4n) is 8.42. The summed E-state index contributed by atoms with van der Waals surface area (Å²) in [5, 5.41) is 2.42. The maximum atomic E-state index is 13.9. The average Bonchev–Trinajstić information content (AvgIpc) is 3.22. The maximum absolute atomic E-state index is 13.9. The van der Waals surface area contributed by atoms with Crippen LogP contribution in [0.15, 0.2) is 42.6 Å². The Morgan fingerprint density at radius 1 is 1.03 bits per heavy atom. The first-order chi connectivity index (χ1) is 16.6. The van der Waals surface area contributed by atoms with Crippen molar-refractivity contribution in [2.45, 2.75) is 64.8 Å². The van der Waals surface area contributed by atoms with Crippen molar-refractivity contribution in [3.63, 3.8) is 0 Å². The number of benzene rings is 1. The van der Waals surface area contributed by atoms with Crippen LogP contribution in [0.3, 0.4) is 0 Å².